The van der Waals surface area contributed by atoms with Gasteiger partial charge in [0, 0.05) is 22.9 Å². The molecule has 0 saturated heterocycles. The van der Waals surface area contributed by atoms with Gasteiger partial charge in [-0.1, -0.05) is 67.8 Å². The van der Waals surface area contributed by atoms with E-state index < -0.39 is 11.9 Å². The molecule has 41 heavy (non-hydrogen) atoms. The van der Waals surface area contributed by atoms with Gasteiger partial charge in [0.05, 0.1) is 6.54 Å². The first-order valence-electron chi connectivity index (χ1n) is 13.6. The third-order valence-corrected chi connectivity index (χ3v) is 8.07. The minimum absolute atomic E-state index is 0.267. The van der Waals surface area contributed by atoms with E-state index in [4.69, 9.17) is 5.53 Å². The molecule has 4 aromatic rings. The zero-order valence-electron chi connectivity index (χ0n) is 22.5. The average Bonchev–Trinajstić information content (AvgIpc) is 3.56. The zero-order valence-corrected chi connectivity index (χ0v) is 23.4. The predicted octanol–water partition coefficient (Wildman–Crippen LogP) is 8.39. The number of nitrogens with one attached hydrogen (secondary N) is 3. The quantitative estimate of drug-likeness (QED) is 0.119. The minimum atomic E-state index is -0.776. The first-order chi connectivity index (χ1) is 20.0. The lowest BCUT2D eigenvalue weighted by molar-refractivity contribution is 0.0977. The van der Waals surface area contributed by atoms with Crippen LogP contribution in [0.15, 0.2) is 94.7 Å². The van der Waals surface area contributed by atoms with Crippen molar-refractivity contribution in [3.8, 4) is 11.1 Å². The molecule has 1 fully saturated rings. The Kier molecular flexibility index (Phi) is 8.95. The number of nitrogens with zero attached hydrogens (tertiary/aromatic N) is 3. The lowest BCUT2D eigenvalue weighted by atomic mass is 9.84. The van der Waals surface area contributed by atoms with Crippen molar-refractivity contribution < 1.29 is 9.59 Å². The number of hydrogen-bond donors (Lipinski definition) is 3. The number of amides is 3. The summed E-state index contributed by atoms with van der Waals surface area (Å²) in [6.45, 7) is 0.278. The Bertz CT molecular complexity index is 1510. The number of carbonyl (C=O) groups excluding carboxylic acids is 2. The molecule has 1 aliphatic rings. The molecule has 3 N–H and O–H groups in total. The number of anilines is 2. The standard InChI is InChI=1S/C32H31N6O2S/c33-31(37-34)36-30(39)25-11-9-22(10-12-25)20-38(29-15-13-24(14-16-29)23-5-2-1-3-6-23)32(40)35-28-8-4-7-26(19-28)27-17-18-41-21-27/h4,7-19,21,23,34H,1-3,5-6,20H2,(H2-,33,35,36,39,40)/q-1. The second-order valence-electron chi connectivity index (χ2n) is 10.1. The molecule has 0 unspecified atom stereocenters. The fraction of sp³-hybridized carbons (Fsp3) is 0.219. The van der Waals surface area contributed by atoms with Crippen molar-refractivity contribution >= 4 is 40.6 Å². The van der Waals surface area contributed by atoms with Crippen LogP contribution in [0.3, 0.4) is 0 Å². The van der Waals surface area contributed by atoms with Gasteiger partial charge in [-0.15, -0.1) is 0 Å². The van der Waals surface area contributed by atoms with E-state index in [0.29, 0.717) is 17.2 Å². The molecule has 8 nitrogen and oxygen atoms in total. The fourth-order valence-corrected chi connectivity index (χ4v) is 5.85. The van der Waals surface area contributed by atoms with Crippen LogP contribution in [0.1, 0.15) is 59.5 Å². The van der Waals surface area contributed by atoms with Gasteiger partial charge in [-0.05, 0) is 82.1 Å². The average molecular weight is 564 g/mol. The summed E-state index contributed by atoms with van der Waals surface area (Å²) in [6, 6.07) is 24.6. The normalized spacial score (nSPS) is 13.3. The Morgan fingerprint density at radius 2 is 1.71 bits per heavy atom. The number of thiophene rings is 1. The fourth-order valence-electron chi connectivity index (χ4n) is 5.18. The van der Waals surface area contributed by atoms with E-state index in [1.165, 1.54) is 37.7 Å². The predicted molar refractivity (Wildman–Crippen MR) is 165 cm³/mol. The maximum absolute atomic E-state index is 13.7. The van der Waals surface area contributed by atoms with Crippen LogP contribution < -0.4 is 15.5 Å². The molecular weight excluding hydrogens is 532 g/mol. The second kappa shape index (κ2) is 13.1. The molecule has 208 valence electrons. The summed E-state index contributed by atoms with van der Waals surface area (Å²) < 4.78 is 0. The summed E-state index contributed by atoms with van der Waals surface area (Å²) in [5.41, 5.74) is 12.8. The van der Waals surface area contributed by atoms with Gasteiger partial charge in [0.2, 0.25) is 5.91 Å². The van der Waals surface area contributed by atoms with Crippen LogP contribution in [0.4, 0.5) is 16.2 Å². The highest BCUT2D eigenvalue weighted by atomic mass is 32.1. The monoisotopic (exact) mass is 563 g/mol. The van der Waals surface area contributed by atoms with E-state index in [2.05, 4.69) is 39.3 Å². The lowest BCUT2D eigenvalue weighted by Crippen LogP contribution is -2.34. The molecule has 0 atom stereocenters. The zero-order chi connectivity index (χ0) is 28.6. The Morgan fingerprint density at radius 1 is 0.951 bits per heavy atom. The summed E-state index contributed by atoms with van der Waals surface area (Å²) in [7, 11) is 0. The van der Waals surface area contributed by atoms with Crippen molar-refractivity contribution in [2.75, 3.05) is 10.2 Å². The third-order valence-electron chi connectivity index (χ3n) is 7.38. The second-order valence-corrected chi connectivity index (χ2v) is 10.9. The topological polar surface area (TPSA) is 120 Å². The van der Waals surface area contributed by atoms with Gasteiger partial charge < -0.3 is 16.0 Å². The van der Waals surface area contributed by atoms with Gasteiger partial charge in [-0.25, -0.2) is 4.79 Å². The maximum Gasteiger partial charge on any atom is 0.326 e. The largest absolute Gasteiger partial charge is 0.377 e. The molecular formula is C32H31N6O2S-. The first kappa shape index (κ1) is 27.9. The first-order valence-corrected chi connectivity index (χ1v) is 14.6. The summed E-state index contributed by atoms with van der Waals surface area (Å²) in [4.78, 5) is 27.7. The van der Waals surface area contributed by atoms with Crippen LogP contribution in [0, 0.1) is 5.53 Å². The van der Waals surface area contributed by atoms with Gasteiger partial charge in [-0.2, -0.15) is 11.3 Å². The molecule has 0 bridgehead atoms. The number of hydrogen-bond acceptors (Lipinski definition) is 4. The number of guanidine groups is 1. The molecule has 0 radical (unpaired) electrons. The highest BCUT2D eigenvalue weighted by molar-refractivity contribution is 7.08. The Hall–Kier alpha value is -4.63. The third kappa shape index (κ3) is 7.12. The van der Waals surface area contributed by atoms with E-state index in [1.807, 2.05) is 41.8 Å². The van der Waals surface area contributed by atoms with E-state index in [9.17, 15) is 15.0 Å². The molecule has 1 aliphatic carbocycles. The number of carbonyl (C=O) groups is 2. The van der Waals surface area contributed by atoms with Crippen molar-refractivity contribution in [2.24, 2.45) is 5.11 Å². The van der Waals surface area contributed by atoms with Crippen LogP contribution in [0.2, 0.25) is 0 Å². The van der Waals surface area contributed by atoms with Crippen LogP contribution in [-0.4, -0.2) is 17.9 Å². The molecule has 1 heterocycles. The van der Waals surface area contributed by atoms with Crippen molar-refractivity contribution in [2.45, 2.75) is 44.6 Å². The van der Waals surface area contributed by atoms with Crippen LogP contribution in [0.5, 0.6) is 0 Å². The Balaban J connectivity index is 1.37. The smallest absolute Gasteiger partial charge is 0.326 e. The van der Waals surface area contributed by atoms with Crippen LogP contribution in [0.25, 0.3) is 16.5 Å². The number of rotatable bonds is 7. The van der Waals surface area contributed by atoms with E-state index in [1.54, 1.807) is 40.5 Å². The van der Waals surface area contributed by atoms with Crippen molar-refractivity contribution in [3.63, 3.8) is 0 Å². The minimum Gasteiger partial charge on any atom is -0.377 e. The van der Waals surface area contributed by atoms with Crippen LogP contribution >= 0.6 is 11.3 Å². The van der Waals surface area contributed by atoms with Crippen LogP contribution in [-0.2, 0) is 6.54 Å². The van der Waals surface area contributed by atoms with Crippen molar-refractivity contribution in [3.05, 3.63) is 112 Å². The number of urea groups is 1. The van der Waals surface area contributed by atoms with Crippen molar-refractivity contribution in [1.82, 2.24) is 5.32 Å². The van der Waals surface area contributed by atoms with Gasteiger partial charge in [0.15, 0.2) is 0 Å². The Labute approximate surface area is 243 Å². The molecule has 9 heteroatoms. The van der Waals surface area contributed by atoms with Gasteiger partial charge >= 0.3 is 6.03 Å². The molecule has 3 aromatic carbocycles. The highest BCUT2D eigenvalue weighted by Crippen LogP contribution is 2.34. The summed E-state index contributed by atoms with van der Waals surface area (Å²) in [5.74, 6) is -0.789. The molecule has 3 amide bonds. The SMILES string of the molecule is [N-]=C(N=N)NC(=O)c1ccc(CN(C(=O)Nc2cccc(-c3ccsc3)c2)c2ccc(C3CCCCC3)cc2)cc1. The maximum atomic E-state index is 13.7. The summed E-state index contributed by atoms with van der Waals surface area (Å²) in [5, 5.41) is 21.4. The Morgan fingerprint density at radius 3 is 2.39 bits per heavy atom. The van der Waals surface area contributed by atoms with Gasteiger partial charge in [0.25, 0.3) is 0 Å². The molecule has 1 saturated carbocycles. The highest BCUT2D eigenvalue weighted by Gasteiger charge is 2.20. The van der Waals surface area contributed by atoms with Gasteiger partial charge in [0.1, 0.15) is 0 Å². The van der Waals surface area contributed by atoms with Gasteiger partial charge in [-0.3, -0.25) is 20.3 Å². The number of benzene rings is 3. The van der Waals surface area contributed by atoms with Crippen molar-refractivity contribution in [1.29, 1.82) is 5.53 Å². The molecule has 0 spiro atoms. The lowest BCUT2D eigenvalue weighted by Gasteiger charge is -2.26. The molecule has 5 rings (SSSR count). The van der Waals surface area contributed by atoms with E-state index in [0.717, 1.165) is 22.4 Å². The van der Waals surface area contributed by atoms with E-state index >= 15 is 0 Å². The molecule has 0 aliphatic heterocycles. The summed E-state index contributed by atoms with van der Waals surface area (Å²) >= 11 is 1.63. The van der Waals surface area contributed by atoms with E-state index in [-0.39, 0.29) is 12.6 Å². The summed E-state index contributed by atoms with van der Waals surface area (Å²) in [6.07, 6.45) is 6.23. The molecule has 1 aromatic heterocycles.